The van der Waals surface area contributed by atoms with E-state index in [1.54, 1.807) is 56.3 Å². The number of carbonyl (C=O) groups is 2. The van der Waals surface area contributed by atoms with Crippen LogP contribution in [-0.4, -0.2) is 42.4 Å². The van der Waals surface area contributed by atoms with Crippen LogP contribution in [0.3, 0.4) is 0 Å². The summed E-state index contributed by atoms with van der Waals surface area (Å²) in [5.74, 6) is 0.0359. The maximum atomic E-state index is 14.0. The fraction of sp³-hybridized carbons (Fsp3) is 0.212. The number of methoxy groups -OCH3 is 2. The van der Waals surface area contributed by atoms with E-state index in [4.69, 9.17) is 24.1 Å². The van der Waals surface area contributed by atoms with E-state index in [2.05, 4.69) is 20.9 Å². The fourth-order valence-electron chi connectivity index (χ4n) is 4.92. The van der Waals surface area contributed by atoms with Crippen molar-refractivity contribution in [3.8, 4) is 17.2 Å². The molecule has 1 aliphatic heterocycles. The van der Waals surface area contributed by atoms with Gasteiger partial charge in [-0.1, -0.05) is 29.5 Å². The molecule has 2 heterocycles. The lowest BCUT2D eigenvalue weighted by atomic mass is 9.94. The number of fused-ring (bicyclic) bond motifs is 1. The Hall–Kier alpha value is -4.68. The Morgan fingerprint density at radius 2 is 1.78 bits per heavy atom. The number of carboxylic acid groups (broad SMARTS) is 1. The summed E-state index contributed by atoms with van der Waals surface area (Å²) < 4.78 is 25.0. The number of aromatic carboxylic acids is 1. The molecule has 3 aromatic carbocycles. The van der Waals surface area contributed by atoms with Gasteiger partial charge in [0.1, 0.15) is 29.9 Å². The van der Waals surface area contributed by atoms with Crippen molar-refractivity contribution in [1.82, 2.24) is 4.57 Å². The number of aromatic nitrogens is 1. The predicted molar refractivity (Wildman–Crippen MR) is 172 cm³/mol. The number of hydrogen-bond donors (Lipinski definition) is 1. The number of thiazole rings is 1. The van der Waals surface area contributed by atoms with Gasteiger partial charge in [0.05, 0.1) is 46.7 Å². The van der Waals surface area contributed by atoms with Crippen molar-refractivity contribution >= 4 is 45.3 Å². The molecule has 0 spiro atoms. The average Bonchev–Trinajstić information content (AvgIpc) is 3.33. The van der Waals surface area contributed by atoms with Gasteiger partial charge in [0.15, 0.2) is 4.80 Å². The molecule has 5 rings (SSSR count). The molecule has 0 saturated carbocycles. The monoisotopic (exact) mass is 692 g/mol. The van der Waals surface area contributed by atoms with E-state index in [9.17, 15) is 14.4 Å². The van der Waals surface area contributed by atoms with Crippen molar-refractivity contribution in [3.05, 3.63) is 118 Å². The Labute approximate surface area is 270 Å². The molecule has 0 saturated heterocycles. The Morgan fingerprint density at radius 3 is 2.42 bits per heavy atom. The molecule has 1 atom stereocenters. The first kappa shape index (κ1) is 31.7. The van der Waals surface area contributed by atoms with Gasteiger partial charge in [-0.25, -0.2) is 14.6 Å². The first-order valence-corrected chi connectivity index (χ1v) is 15.4. The van der Waals surface area contributed by atoms with Crippen LogP contribution in [0.25, 0.3) is 6.08 Å². The van der Waals surface area contributed by atoms with Gasteiger partial charge in [-0.3, -0.25) is 9.36 Å². The van der Waals surface area contributed by atoms with E-state index in [0.29, 0.717) is 42.3 Å². The zero-order valence-corrected chi connectivity index (χ0v) is 27.2. The highest BCUT2D eigenvalue weighted by atomic mass is 79.9. The number of esters is 1. The van der Waals surface area contributed by atoms with Gasteiger partial charge >= 0.3 is 11.9 Å². The predicted octanol–water partition coefficient (Wildman–Crippen LogP) is 4.86. The van der Waals surface area contributed by atoms with Crippen molar-refractivity contribution in [2.24, 2.45) is 4.99 Å². The molecular weight excluding hydrogens is 664 g/mol. The van der Waals surface area contributed by atoms with E-state index in [0.717, 1.165) is 11.1 Å². The summed E-state index contributed by atoms with van der Waals surface area (Å²) >= 11 is 4.76. The number of rotatable bonds is 10. The summed E-state index contributed by atoms with van der Waals surface area (Å²) in [7, 11) is 3.06. The molecule has 10 nitrogen and oxygen atoms in total. The van der Waals surface area contributed by atoms with Crippen LogP contribution < -0.4 is 29.1 Å². The van der Waals surface area contributed by atoms with Gasteiger partial charge in [0.2, 0.25) is 0 Å². The first-order chi connectivity index (χ1) is 21.6. The highest BCUT2D eigenvalue weighted by Gasteiger charge is 2.35. The minimum Gasteiger partial charge on any atom is -0.497 e. The average molecular weight is 694 g/mol. The van der Waals surface area contributed by atoms with Crippen LogP contribution >= 0.6 is 27.3 Å². The molecular formula is C33H29BrN2O8S. The fourth-order valence-corrected chi connectivity index (χ4v) is 6.48. The third-order valence-corrected chi connectivity index (χ3v) is 8.70. The molecule has 1 aromatic heterocycles. The molecule has 0 aliphatic carbocycles. The van der Waals surface area contributed by atoms with Crippen LogP contribution in [0.15, 0.2) is 86.2 Å². The molecule has 0 fully saturated rings. The Bertz CT molecular complexity index is 2000. The number of benzene rings is 3. The molecule has 0 radical (unpaired) electrons. The summed E-state index contributed by atoms with van der Waals surface area (Å²) in [4.78, 5) is 43.4. The molecule has 1 N–H and O–H groups in total. The Morgan fingerprint density at radius 1 is 1.04 bits per heavy atom. The Balaban J connectivity index is 1.53. The number of nitrogens with zero attached hydrogens (tertiary/aromatic N) is 2. The molecule has 0 bridgehead atoms. The second-order valence-corrected chi connectivity index (χ2v) is 11.8. The van der Waals surface area contributed by atoms with Crippen molar-refractivity contribution in [2.75, 3.05) is 20.8 Å². The smallest absolute Gasteiger partial charge is 0.338 e. The summed E-state index contributed by atoms with van der Waals surface area (Å²) in [5.41, 5.74) is 2.67. The van der Waals surface area contributed by atoms with Crippen LogP contribution in [0.4, 0.5) is 0 Å². The zero-order chi connectivity index (χ0) is 32.2. The van der Waals surface area contributed by atoms with Gasteiger partial charge in [-0.15, -0.1) is 0 Å². The van der Waals surface area contributed by atoms with E-state index < -0.39 is 18.0 Å². The maximum Gasteiger partial charge on any atom is 0.338 e. The van der Waals surface area contributed by atoms with Crippen molar-refractivity contribution in [3.63, 3.8) is 0 Å². The van der Waals surface area contributed by atoms with Crippen LogP contribution in [0.5, 0.6) is 17.2 Å². The van der Waals surface area contributed by atoms with Gasteiger partial charge in [-0.05, 0) is 89.4 Å². The molecule has 0 amide bonds. The molecule has 1 aliphatic rings. The number of carboxylic acids is 1. The van der Waals surface area contributed by atoms with Crippen LogP contribution in [0, 0.1) is 0 Å². The lowest BCUT2D eigenvalue weighted by molar-refractivity contribution is -0.139. The SMILES string of the molecule is CCOC(=O)C1=C(C)N=c2s/c(=C/c3ccc(OCc4ccc(C(=O)O)cc4)c(Br)c3)c(=O)n2[C@@H]1c1cc(OC)ccc1OC. The van der Waals surface area contributed by atoms with E-state index in [1.807, 2.05) is 12.1 Å². The quantitative estimate of drug-likeness (QED) is 0.234. The highest BCUT2D eigenvalue weighted by Crippen LogP contribution is 2.38. The zero-order valence-electron chi connectivity index (χ0n) is 24.8. The maximum absolute atomic E-state index is 14.0. The third-order valence-electron chi connectivity index (χ3n) is 7.10. The molecule has 0 unspecified atom stereocenters. The number of hydrogen-bond acceptors (Lipinski definition) is 9. The lowest BCUT2D eigenvalue weighted by Crippen LogP contribution is -2.40. The largest absolute Gasteiger partial charge is 0.497 e. The lowest BCUT2D eigenvalue weighted by Gasteiger charge is -2.26. The first-order valence-electron chi connectivity index (χ1n) is 13.8. The number of ether oxygens (including phenoxy) is 4. The normalized spacial score (nSPS) is 14.4. The minimum absolute atomic E-state index is 0.160. The van der Waals surface area contributed by atoms with Crippen LogP contribution in [-0.2, 0) is 16.1 Å². The summed E-state index contributed by atoms with van der Waals surface area (Å²) in [6.07, 6.45) is 1.76. The molecule has 12 heteroatoms. The summed E-state index contributed by atoms with van der Waals surface area (Å²) in [5, 5.41) is 9.09. The van der Waals surface area contributed by atoms with E-state index in [1.165, 1.54) is 42.3 Å². The van der Waals surface area contributed by atoms with Gasteiger partial charge in [0.25, 0.3) is 5.56 Å². The number of allylic oxidation sites excluding steroid dienone is 1. The van der Waals surface area contributed by atoms with Crippen molar-refractivity contribution in [2.45, 2.75) is 26.5 Å². The van der Waals surface area contributed by atoms with Crippen molar-refractivity contribution < 1.29 is 33.6 Å². The van der Waals surface area contributed by atoms with Gasteiger partial charge in [0, 0.05) is 5.56 Å². The topological polar surface area (TPSA) is 126 Å². The second-order valence-electron chi connectivity index (χ2n) is 9.89. The number of halogens is 1. The third kappa shape index (κ3) is 6.57. The van der Waals surface area contributed by atoms with Gasteiger partial charge in [-0.2, -0.15) is 0 Å². The second kappa shape index (κ2) is 13.5. The van der Waals surface area contributed by atoms with Crippen molar-refractivity contribution in [1.29, 1.82) is 0 Å². The standard InChI is InChI=1S/C33H29BrN2O8S/c1-5-43-32(40)28-18(2)35-33-36(29(28)23-16-22(41-3)11-13-25(23)42-4)30(37)27(45-33)15-20-8-12-26(24(34)14-20)44-17-19-6-9-21(10-7-19)31(38)39/h6-16,29H,5,17H2,1-4H3,(H,38,39)/b27-15+/t29-/m1/s1. The van der Waals surface area contributed by atoms with Crippen LogP contribution in [0.1, 0.15) is 46.9 Å². The summed E-state index contributed by atoms with van der Waals surface area (Å²) in [6, 6.07) is 16.3. The highest BCUT2D eigenvalue weighted by molar-refractivity contribution is 9.10. The molecule has 45 heavy (non-hydrogen) atoms. The molecule has 4 aromatic rings. The Kier molecular flexibility index (Phi) is 9.54. The van der Waals surface area contributed by atoms with Crippen LogP contribution in [0.2, 0.25) is 0 Å². The van der Waals surface area contributed by atoms with Gasteiger partial charge < -0.3 is 24.1 Å². The minimum atomic E-state index is -0.988. The number of carbonyl (C=O) groups excluding carboxylic acids is 1. The van der Waals surface area contributed by atoms with E-state index in [-0.39, 0.29) is 29.9 Å². The summed E-state index contributed by atoms with van der Waals surface area (Å²) in [6.45, 7) is 3.84. The van der Waals surface area contributed by atoms with E-state index >= 15 is 0 Å². The molecule has 232 valence electrons.